The Balaban J connectivity index is 1.39. The number of carbonyl (C=O) groups is 1. The number of nitrogens with one attached hydrogen (secondary N) is 1. The molecule has 3 aromatic carbocycles. The molecule has 1 saturated heterocycles. The maximum atomic E-state index is 13.2. The molecule has 3 aromatic rings. The Labute approximate surface area is 210 Å². The number of nitrogens with zero attached hydrogens (tertiary/aromatic N) is 1. The van der Waals surface area contributed by atoms with E-state index in [-0.39, 0.29) is 22.4 Å². The summed E-state index contributed by atoms with van der Waals surface area (Å²) in [5, 5.41) is 3.13. The van der Waals surface area contributed by atoms with Crippen LogP contribution in [-0.4, -0.2) is 38.3 Å². The first-order valence-corrected chi connectivity index (χ1v) is 13.2. The topological polar surface area (TPSA) is 84.9 Å². The van der Waals surface area contributed by atoms with E-state index in [1.54, 1.807) is 30.3 Å². The molecule has 9 heteroatoms. The highest BCUT2D eigenvalue weighted by molar-refractivity contribution is 7.89. The number of anilines is 1. The van der Waals surface area contributed by atoms with Gasteiger partial charge in [0.1, 0.15) is 17.2 Å². The van der Waals surface area contributed by atoms with Crippen molar-refractivity contribution in [2.75, 3.05) is 25.0 Å². The maximum absolute atomic E-state index is 13.2. The van der Waals surface area contributed by atoms with Gasteiger partial charge in [-0.2, -0.15) is 4.31 Å². The van der Waals surface area contributed by atoms with Crippen LogP contribution < -0.4 is 14.8 Å². The number of ether oxygens (including phenoxy) is 2. The summed E-state index contributed by atoms with van der Waals surface area (Å²) in [6.07, 6.45) is 1.20. The summed E-state index contributed by atoms with van der Waals surface area (Å²) < 4.78 is 38.9. The van der Waals surface area contributed by atoms with Crippen molar-refractivity contribution in [1.82, 2.24) is 4.31 Å². The van der Waals surface area contributed by atoms with E-state index in [0.29, 0.717) is 43.2 Å². The fourth-order valence-corrected chi connectivity index (χ4v) is 5.76. The number of amides is 1. The predicted molar refractivity (Wildman–Crippen MR) is 136 cm³/mol. The molecule has 4 rings (SSSR count). The van der Waals surface area contributed by atoms with Crippen LogP contribution in [0.25, 0.3) is 0 Å². The zero-order valence-electron chi connectivity index (χ0n) is 19.3. The fourth-order valence-electron chi connectivity index (χ4n) is 3.91. The highest BCUT2D eigenvalue weighted by Crippen LogP contribution is 2.31. The highest BCUT2D eigenvalue weighted by atomic mass is 35.5. The second kappa shape index (κ2) is 11.1. The maximum Gasteiger partial charge on any atom is 0.243 e. The van der Waals surface area contributed by atoms with Crippen LogP contribution >= 0.6 is 11.6 Å². The Morgan fingerprint density at radius 1 is 1.06 bits per heavy atom. The molecular weight excluding hydrogens is 488 g/mol. The van der Waals surface area contributed by atoms with Crippen molar-refractivity contribution >= 4 is 33.2 Å². The van der Waals surface area contributed by atoms with Crippen LogP contribution in [-0.2, 0) is 14.8 Å². The molecule has 7 nitrogen and oxygen atoms in total. The average molecular weight is 515 g/mol. The lowest BCUT2D eigenvalue weighted by Crippen LogP contribution is -2.43. The molecular formula is C26H27ClN2O5S. The molecule has 0 aliphatic carbocycles. The largest absolute Gasteiger partial charge is 0.492 e. The lowest BCUT2D eigenvalue weighted by atomic mass is 9.99. The second-order valence-electron chi connectivity index (χ2n) is 8.16. The Morgan fingerprint density at radius 2 is 1.77 bits per heavy atom. The normalized spacial score (nSPS) is 16.5. The van der Waals surface area contributed by atoms with Crippen LogP contribution in [0, 0.1) is 5.92 Å². The standard InChI is InChI=1S/C26H27ClN2O5S/c1-2-33-25-15-14-23(17-24(25)27)35(31,32)29-16-6-7-19(18-29)26(30)28-20-10-12-22(13-11-20)34-21-8-4-3-5-9-21/h3-5,8-15,17,19H,2,6-7,16,18H2,1H3,(H,28,30)/t19-/m0/s1. The van der Waals surface area contributed by atoms with E-state index in [1.807, 2.05) is 37.3 Å². The number of sulfonamides is 1. The van der Waals surface area contributed by atoms with E-state index < -0.39 is 15.9 Å². The van der Waals surface area contributed by atoms with Gasteiger partial charge in [-0.05, 0) is 74.4 Å². The van der Waals surface area contributed by atoms with E-state index in [2.05, 4.69) is 5.32 Å². The van der Waals surface area contributed by atoms with Crippen LogP contribution in [0.2, 0.25) is 5.02 Å². The zero-order chi connectivity index (χ0) is 24.8. The smallest absolute Gasteiger partial charge is 0.243 e. The Bertz CT molecular complexity index is 1270. The highest BCUT2D eigenvalue weighted by Gasteiger charge is 2.33. The molecule has 0 bridgehead atoms. The van der Waals surface area contributed by atoms with Crippen LogP contribution in [0.4, 0.5) is 5.69 Å². The molecule has 1 fully saturated rings. The average Bonchev–Trinajstić information content (AvgIpc) is 2.87. The number of piperidine rings is 1. The van der Waals surface area contributed by atoms with Crippen molar-refractivity contribution in [3.05, 3.63) is 77.8 Å². The molecule has 1 aliphatic heterocycles. The molecule has 1 amide bonds. The van der Waals surface area contributed by atoms with E-state index in [9.17, 15) is 13.2 Å². The van der Waals surface area contributed by atoms with Gasteiger partial charge in [0.2, 0.25) is 15.9 Å². The van der Waals surface area contributed by atoms with Crippen LogP contribution in [0.5, 0.6) is 17.2 Å². The minimum atomic E-state index is -3.79. The third-order valence-electron chi connectivity index (χ3n) is 5.70. The fraction of sp³-hybridized carbons (Fsp3) is 0.269. The molecule has 1 N–H and O–H groups in total. The number of halogens is 1. The van der Waals surface area contributed by atoms with E-state index in [1.165, 1.54) is 16.4 Å². The van der Waals surface area contributed by atoms with Crippen LogP contribution in [0.1, 0.15) is 19.8 Å². The summed E-state index contributed by atoms with van der Waals surface area (Å²) in [4.78, 5) is 13.0. The third kappa shape index (κ3) is 6.14. The molecule has 0 unspecified atom stereocenters. The summed E-state index contributed by atoms with van der Waals surface area (Å²) >= 11 is 6.20. The first kappa shape index (κ1) is 25.0. The van der Waals surface area contributed by atoms with Crippen molar-refractivity contribution in [3.63, 3.8) is 0 Å². The van der Waals surface area contributed by atoms with Gasteiger partial charge in [0, 0.05) is 18.8 Å². The van der Waals surface area contributed by atoms with Crippen molar-refractivity contribution in [2.45, 2.75) is 24.7 Å². The number of rotatable bonds is 8. The SMILES string of the molecule is CCOc1ccc(S(=O)(=O)N2CCC[C@H](C(=O)Nc3ccc(Oc4ccccc4)cc3)C2)cc1Cl. The van der Waals surface area contributed by atoms with Gasteiger partial charge in [0.15, 0.2) is 0 Å². The Morgan fingerprint density at radius 3 is 2.46 bits per heavy atom. The summed E-state index contributed by atoms with van der Waals surface area (Å²) in [6, 6.07) is 20.9. The molecule has 0 spiro atoms. The number of hydrogen-bond acceptors (Lipinski definition) is 5. The molecule has 0 saturated carbocycles. The van der Waals surface area contributed by atoms with E-state index >= 15 is 0 Å². The quantitative estimate of drug-likeness (QED) is 0.424. The third-order valence-corrected chi connectivity index (χ3v) is 7.85. The van der Waals surface area contributed by atoms with Gasteiger partial charge >= 0.3 is 0 Å². The summed E-state index contributed by atoms with van der Waals surface area (Å²) in [7, 11) is -3.79. The van der Waals surface area contributed by atoms with Gasteiger partial charge in [0.25, 0.3) is 0 Å². The van der Waals surface area contributed by atoms with E-state index in [0.717, 1.165) is 5.75 Å². The van der Waals surface area contributed by atoms with Crippen molar-refractivity contribution in [3.8, 4) is 17.2 Å². The number of carbonyl (C=O) groups excluding carboxylic acids is 1. The van der Waals surface area contributed by atoms with Gasteiger partial charge < -0.3 is 14.8 Å². The van der Waals surface area contributed by atoms with Crippen molar-refractivity contribution < 1.29 is 22.7 Å². The molecule has 1 aliphatic rings. The van der Waals surface area contributed by atoms with Crippen LogP contribution in [0.3, 0.4) is 0 Å². The first-order valence-electron chi connectivity index (χ1n) is 11.4. The number of benzene rings is 3. The lowest BCUT2D eigenvalue weighted by Gasteiger charge is -2.31. The summed E-state index contributed by atoms with van der Waals surface area (Å²) in [6.45, 7) is 2.71. The van der Waals surface area contributed by atoms with Crippen molar-refractivity contribution in [1.29, 1.82) is 0 Å². The predicted octanol–water partition coefficient (Wildman–Crippen LogP) is 5.57. The number of hydrogen-bond donors (Lipinski definition) is 1. The van der Waals surface area contributed by atoms with Gasteiger partial charge in [-0.15, -0.1) is 0 Å². The van der Waals surface area contributed by atoms with Gasteiger partial charge in [0.05, 0.1) is 22.4 Å². The molecule has 1 atom stereocenters. The minimum absolute atomic E-state index is 0.0843. The van der Waals surface area contributed by atoms with Gasteiger partial charge in [-0.1, -0.05) is 29.8 Å². The van der Waals surface area contributed by atoms with Gasteiger partial charge in [-0.3, -0.25) is 4.79 Å². The molecule has 35 heavy (non-hydrogen) atoms. The molecule has 1 heterocycles. The van der Waals surface area contributed by atoms with Crippen LogP contribution in [0.15, 0.2) is 77.7 Å². The van der Waals surface area contributed by atoms with Crippen molar-refractivity contribution in [2.24, 2.45) is 5.92 Å². The molecule has 184 valence electrons. The first-order chi connectivity index (χ1) is 16.9. The monoisotopic (exact) mass is 514 g/mol. The summed E-state index contributed by atoms with van der Waals surface area (Å²) in [5.41, 5.74) is 0.619. The second-order valence-corrected chi connectivity index (χ2v) is 10.5. The Kier molecular flexibility index (Phi) is 7.95. The number of para-hydroxylation sites is 1. The zero-order valence-corrected chi connectivity index (χ0v) is 20.9. The molecule has 0 aromatic heterocycles. The molecule has 0 radical (unpaired) electrons. The summed E-state index contributed by atoms with van der Waals surface area (Å²) in [5.74, 6) is 1.13. The Hall–Kier alpha value is -3.07. The van der Waals surface area contributed by atoms with Gasteiger partial charge in [-0.25, -0.2) is 8.42 Å². The van der Waals surface area contributed by atoms with E-state index in [4.69, 9.17) is 21.1 Å². The minimum Gasteiger partial charge on any atom is -0.492 e. The lowest BCUT2D eigenvalue weighted by molar-refractivity contribution is -0.120.